The SMILES string of the molecule is CNCCCNS(=O)(=O)c1cc(Br)ccc1C.Cl. The highest BCUT2D eigenvalue weighted by Crippen LogP contribution is 2.20. The minimum atomic E-state index is -3.40. The lowest BCUT2D eigenvalue weighted by molar-refractivity contribution is 0.576. The van der Waals surface area contributed by atoms with Gasteiger partial charge in [0.05, 0.1) is 4.90 Å². The molecule has 0 aliphatic heterocycles. The molecule has 1 rings (SSSR count). The fraction of sp³-hybridized carbons (Fsp3) is 0.455. The third-order valence-corrected chi connectivity index (χ3v) is 4.43. The van der Waals surface area contributed by atoms with E-state index >= 15 is 0 Å². The molecule has 0 saturated carbocycles. The summed E-state index contributed by atoms with van der Waals surface area (Å²) in [5.74, 6) is 0. The van der Waals surface area contributed by atoms with E-state index in [0.29, 0.717) is 11.4 Å². The molecule has 0 radical (unpaired) electrons. The molecule has 0 unspecified atom stereocenters. The molecule has 0 aliphatic carbocycles. The van der Waals surface area contributed by atoms with Gasteiger partial charge in [-0.2, -0.15) is 0 Å². The van der Waals surface area contributed by atoms with Gasteiger partial charge in [0, 0.05) is 11.0 Å². The van der Waals surface area contributed by atoms with E-state index in [1.165, 1.54) is 0 Å². The monoisotopic (exact) mass is 356 g/mol. The average Bonchev–Trinajstić information content (AvgIpc) is 2.28. The number of benzene rings is 1. The van der Waals surface area contributed by atoms with Crippen LogP contribution in [-0.2, 0) is 10.0 Å². The van der Waals surface area contributed by atoms with Gasteiger partial charge in [-0.1, -0.05) is 22.0 Å². The summed E-state index contributed by atoms with van der Waals surface area (Å²) in [5, 5.41) is 2.97. The van der Waals surface area contributed by atoms with Crippen molar-refractivity contribution in [2.45, 2.75) is 18.2 Å². The van der Waals surface area contributed by atoms with Gasteiger partial charge in [-0.25, -0.2) is 13.1 Å². The Morgan fingerprint density at radius 3 is 2.56 bits per heavy atom. The third-order valence-electron chi connectivity index (χ3n) is 2.34. The van der Waals surface area contributed by atoms with E-state index in [0.717, 1.165) is 23.0 Å². The Bertz CT molecular complexity index is 480. The first-order chi connectivity index (χ1) is 7.97. The van der Waals surface area contributed by atoms with E-state index in [4.69, 9.17) is 0 Å². The van der Waals surface area contributed by atoms with E-state index in [1.807, 2.05) is 13.1 Å². The smallest absolute Gasteiger partial charge is 0.240 e. The number of sulfonamides is 1. The van der Waals surface area contributed by atoms with Crippen molar-refractivity contribution in [3.05, 3.63) is 28.2 Å². The Morgan fingerprint density at radius 2 is 1.94 bits per heavy atom. The maximum Gasteiger partial charge on any atom is 0.240 e. The minimum Gasteiger partial charge on any atom is -0.320 e. The van der Waals surface area contributed by atoms with Gasteiger partial charge >= 0.3 is 0 Å². The van der Waals surface area contributed by atoms with Crippen molar-refractivity contribution in [1.82, 2.24) is 10.0 Å². The summed E-state index contributed by atoms with van der Waals surface area (Å²) in [6.07, 6.45) is 0.767. The van der Waals surface area contributed by atoms with Gasteiger partial charge in [0.25, 0.3) is 0 Å². The molecule has 0 fully saturated rings. The highest BCUT2D eigenvalue weighted by molar-refractivity contribution is 9.10. The fourth-order valence-electron chi connectivity index (χ4n) is 1.41. The molecule has 0 bridgehead atoms. The maximum atomic E-state index is 12.0. The second-order valence-corrected chi connectivity index (χ2v) is 6.42. The fourth-order valence-corrected chi connectivity index (χ4v) is 3.27. The number of halogens is 2. The number of hydrogen-bond donors (Lipinski definition) is 2. The molecule has 0 saturated heterocycles. The van der Waals surface area contributed by atoms with Crippen molar-refractivity contribution in [2.75, 3.05) is 20.1 Å². The topological polar surface area (TPSA) is 58.2 Å². The van der Waals surface area contributed by atoms with Crippen LogP contribution >= 0.6 is 28.3 Å². The van der Waals surface area contributed by atoms with Gasteiger partial charge < -0.3 is 5.32 Å². The number of nitrogens with one attached hydrogen (secondary N) is 2. The summed E-state index contributed by atoms with van der Waals surface area (Å²) >= 11 is 3.28. The Kier molecular flexibility index (Phi) is 8.05. The standard InChI is InChI=1S/C11H17BrN2O2S.ClH/c1-9-4-5-10(12)8-11(9)17(15,16)14-7-3-6-13-2;/h4-5,8,13-14H,3,6-7H2,1-2H3;1H. The summed E-state index contributed by atoms with van der Waals surface area (Å²) in [4.78, 5) is 0.330. The Morgan fingerprint density at radius 1 is 1.28 bits per heavy atom. The van der Waals surface area contributed by atoms with Gasteiger partial charge in [-0.3, -0.25) is 0 Å². The second kappa shape index (κ2) is 8.12. The molecule has 0 aliphatic rings. The summed E-state index contributed by atoms with van der Waals surface area (Å²) in [6, 6.07) is 5.23. The molecule has 1 aromatic carbocycles. The van der Waals surface area contributed by atoms with Gasteiger partial charge in [-0.05, 0) is 44.6 Å². The van der Waals surface area contributed by atoms with Gasteiger partial charge in [0.1, 0.15) is 0 Å². The van der Waals surface area contributed by atoms with Crippen LogP contribution in [0.4, 0.5) is 0 Å². The number of aryl methyl sites for hydroxylation is 1. The molecule has 104 valence electrons. The molecule has 4 nitrogen and oxygen atoms in total. The van der Waals surface area contributed by atoms with Gasteiger partial charge in [0.2, 0.25) is 10.0 Å². The summed E-state index contributed by atoms with van der Waals surface area (Å²) in [7, 11) is -1.56. The van der Waals surface area contributed by atoms with E-state index in [9.17, 15) is 8.42 Å². The molecule has 0 heterocycles. The largest absolute Gasteiger partial charge is 0.320 e. The van der Waals surface area contributed by atoms with E-state index in [2.05, 4.69) is 26.0 Å². The van der Waals surface area contributed by atoms with Crippen LogP contribution in [0.2, 0.25) is 0 Å². The molecule has 2 N–H and O–H groups in total. The van der Waals surface area contributed by atoms with Crippen LogP contribution in [0, 0.1) is 6.92 Å². The van der Waals surface area contributed by atoms with Crippen LogP contribution in [0.5, 0.6) is 0 Å². The first-order valence-corrected chi connectivity index (χ1v) is 7.65. The highest BCUT2D eigenvalue weighted by atomic mass is 79.9. The first kappa shape index (κ1) is 17.9. The van der Waals surface area contributed by atoms with Crippen molar-refractivity contribution in [3.8, 4) is 0 Å². The second-order valence-electron chi connectivity index (χ2n) is 3.76. The lowest BCUT2D eigenvalue weighted by atomic mass is 10.2. The Balaban J connectivity index is 0.00000289. The maximum absolute atomic E-state index is 12.0. The molecule has 0 amide bonds. The van der Waals surface area contributed by atoms with Crippen molar-refractivity contribution in [1.29, 1.82) is 0 Å². The van der Waals surface area contributed by atoms with Crippen LogP contribution < -0.4 is 10.0 Å². The molecule has 7 heteroatoms. The minimum absolute atomic E-state index is 0. The van der Waals surface area contributed by atoms with Crippen molar-refractivity contribution >= 4 is 38.4 Å². The quantitative estimate of drug-likeness (QED) is 0.766. The van der Waals surface area contributed by atoms with Crippen LogP contribution in [-0.4, -0.2) is 28.6 Å². The van der Waals surface area contributed by atoms with Gasteiger partial charge in [0.15, 0.2) is 0 Å². The number of rotatable bonds is 6. The molecule has 0 aromatic heterocycles. The number of hydrogen-bond acceptors (Lipinski definition) is 3. The molecular formula is C11H18BrClN2O2S. The van der Waals surface area contributed by atoms with E-state index in [-0.39, 0.29) is 12.4 Å². The molecule has 0 atom stereocenters. The molecule has 0 spiro atoms. The van der Waals surface area contributed by atoms with Crippen LogP contribution in [0.15, 0.2) is 27.6 Å². The lowest BCUT2D eigenvalue weighted by Crippen LogP contribution is -2.27. The van der Waals surface area contributed by atoms with Crippen LogP contribution in [0.3, 0.4) is 0 Å². The van der Waals surface area contributed by atoms with E-state index < -0.39 is 10.0 Å². The predicted molar refractivity (Wildman–Crippen MR) is 79.9 cm³/mol. The lowest BCUT2D eigenvalue weighted by Gasteiger charge is -2.09. The highest BCUT2D eigenvalue weighted by Gasteiger charge is 2.16. The van der Waals surface area contributed by atoms with E-state index in [1.54, 1.807) is 19.1 Å². The van der Waals surface area contributed by atoms with Crippen LogP contribution in [0.25, 0.3) is 0 Å². The van der Waals surface area contributed by atoms with Crippen molar-refractivity contribution in [3.63, 3.8) is 0 Å². The van der Waals surface area contributed by atoms with Gasteiger partial charge in [-0.15, -0.1) is 12.4 Å². The predicted octanol–water partition coefficient (Wildman–Crippen LogP) is 2.07. The summed E-state index contributed by atoms with van der Waals surface area (Å²) in [6.45, 7) is 3.02. The Hall–Kier alpha value is -0.140. The molecule has 18 heavy (non-hydrogen) atoms. The summed E-state index contributed by atoms with van der Waals surface area (Å²) in [5.41, 5.74) is 0.745. The van der Waals surface area contributed by atoms with Crippen molar-refractivity contribution < 1.29 is 8.42 Å². The molecule has 1 aromatic rings. The zero-order chi connectivity index (χ0) is 12.9. The third kappa shape index (κ3) is 5.24. The zero-order valence-electron chi connectivity index (χ0n) is 10.4. The Labute approximate surface area is 123 Å². The molecular weight excluding hydrogens is 340 g/mol. The summed E-state index contributed by atoms with van der Waals surface area (Å²) < 4.78 is 27.4. The normalized spacial score (nSPS) is 11.1. The first-order valence-electron chi connectivity index (χ1n) is 5.38. The zero-order valence-corrected chi connectivity index (χ0v) is 13.6. The average molecular weight is 358 g/mol. The van der Waals surface area contributed by atoms with Crippen LogP contribution in [0.1, 0.15) is 12.0 Å². The van der Waals surface area contributed by atoms with Crippen molar-refractivity contribution in [2.24, 2.45) is 0 Å².